The molecule has 0 spiro atoms. The molecule has 6 aromatic rings. The number of hydrogen-bond acceptors (Lipinski definition) is 4. The molecule has 5 nitrogen and oxygen atoms in total. The number of carbonyl (C=O) groups is 2. The minimum atomic E-state index is -1.02. The number of aromatic nitrogens is 1. The van der Waals surface area contributed by atoms with Gasteiger partial charge in [0.2, 0.25) is 0 Å². The number of carboxylic acid groups (broad SMARTS) is 1. The van der Waals surface area contributed by atoms with E-state index in [0.717, 1.165) is 22.1 Å². The summed E-state index contributed by atoms with van der Waals surface area (Å²) in [5.41, 5.74) is 5.46. The molecule has 0 aliphatic rings. The minimum absolute atomic E-state index is 0.195. The van der Waals surface area contributed by atoms with Crippen molar-refractivity contribution >= 4 is 57.4 Å². The zero-order valence-corrected chi connectivity index (χ0v) is 24.2. The first kappa shape index (κ1) is 28.2. The van der Waals surface area contributed by atoms with E-state index in [1.165, 1.54) is 0 Å². The van der Waals surface area contributed by atoms with Crippen molar-refractivity contribution in [1.29, 1.82) is 0 Å². The molecule has 7 heteroatoms. The van der Waals surface area contributed by atoms with Gasteiger partial charge in [-0.3, -0.25) is 4.79 Å². The van der Waals surface area contributed by atoms with E-state index in [9.17, 15) is 14.7 Å². The van der Waals surface area contributed by atoms with Crippen LogP contribution in [0, 0.1) is 0 Å². The van der Waals surface area contributed by atoms with Gasteiger partial charge in [0, 0.05) is 38.5 Å². The Morgan fingerprint density at radius 1 is 0.721 bits per heavy atom. The van der Waals surface area contributed by atoms with Crippen LogP contribution in [-0.4, -0.2) is 21.8 Å². The molecule has 43 heavy (non-hydrogen) atoms. The quantitative estimate of drug-likeness (QED) is 0.170. The highest BCUT2D eigenvalue weighted by molar-refractivity contribution is 6.32. The van der Waals surface area contributed by atoms with Gasteiger partial charge in [0.15, 0.2) is 5.78 Å². The van der Waals surface area contributed by atoms with E-state index in [1.807, 2.05) is 66.7 Å². The minimum Gasteiger partial charge on any atom is -0.478 e. The summed E-state index contributed by atoms with van der Waals surface area (Å²) in [7, 11) is 0. The van der Waals surface area contributed by atoms with E-state index in [1.54, 1.807) is 54.6 Å². The average molecular weight is 604 g/mol. The lowest BCUT2D eigenvalue weighted by atomic mass is 9.90. The van der Waals surface area contributed by atoms with Gasteiger partial charge in [0.1, 0.15) is 5.82 Å². The third kappa shape index (κ3) is 5.86. The van der Waals surface area contributed by atoms with Gasteiger partial charge < -0.3 is 10.4 Å². The van der Waals surface area contributed by atoms with Crippen LogP contribution in [0.15, 0.2) is 121 Å². The fourth-order valence-corrected chi connectivity index (χ4v) is 5.59. The molecule has 0 fully saturated rings. The fourth-order valence-electron chi connectivity index (χ4n) is 5.24. The predicted octanol–water partition coefficient (Wildman–Crippen LogP) is 9.47. The third-order valence-corrected chi connectivity index (χ3v) is 7.71. The maximum Gasteiger partial charge on any atom is 0.335 e. The van der Waals surface area contributed by atoms with Crippen molar-refractivity contribution in [3.05, 3.63) is 159 Å². The van der Waals surface area contributed by atoms with Crippen molar-refractivity contribution in [2.24, 2.45) is 0 Å². The molecule has 210 valence electrons. The van der Waals surface area contributed by atoms with Gasteiger partial charge in [-0.25, -0.2) is 9.78 Å². The van der Waals surface area contributed by atoms with E-state index >= 15 is 0 Å². The van der Waals surface area contributed by atoms with E-state index < -0.39 is 5.97 Å². The number of aromatic carboxylic acids is 1. The highest BCUT2D eigenvalue weighted by Crippen LogP contribution is 2.39. The van der Waals surface area contributed by atoms with E-state index in [-0.39, 0.29) is 17.8 Å². The average Bonchev–Trinajstić information content (AvgIpc) is 3.03. The Bertz CT molecular complexity index is 1990. The molecule has 1 aromatic heterocycles. The summed E-state index contributed by atoms with van der Waals surface area (Å²) in [6, 6.07) is 36.3. The SMILES string of the molecule is O=C(O)c1ccccc1Cc1c(Nc2ccc(Cl)cc2C(=O)c2ccccc2)nc2ccc(Cl)cc2c1-c1ccccc1. The molecular weight excluding hydrogens is 579 g/mol. The summed E-state index contributed by atoms with van der Waals surface area (Å²) in [6.07, 6.45) is 0.250. The molecule has 0 saturated carbocycles. The van der Waals surface area contributed by atoms with Crippen LogP contribution in [0.4, 0.5) is 11.5 Å². The Kier molecular flexibility index (Phi) is 7.93. The molecule has 2 N–H and O–H groups in total. The van der Waals surface area contributed by atoms with Crippen LogP contribution in [0.3, 0.4) is 0 Å². The number of nitrogens with zero attached hydrogens (tertiary/aromatic N) is 1. The first-order valence-corrected chi connectivity index (χ1v) is 14.3. The predicted molar refractivity (Wildman–Crippen MR) is 173 cm³/mol. The van der Waals surface area contributed by atoms with Crippen molar-refractivity contribution < 1.29 is 14.7 Å². The zero-order valence-electron chi connectivity index (χ0n) is 22.7. The first-order valence-electron chi connectivity index (χ1n) is 13.5. The lowest BCUT2D eigenvalue weighted by Crippen LogP contribution is -2.10. The van der Waals surface area contributed by atoms with Crippen LogP contribution >= 0.6 is 23.2 Å². The fraction of sp³-hybridized carbons (Fsp3) is 0.0278. The monoisotopic (exact) mass is 602 g/mol. The standard InChI is InChI=1S/C36H24Cl2N2O3/c37-25-15-17-31-28(20-25)33(22-9-3-1-4-10-22)30(19-24-13-7-8-14-27(24)36(42)43)35(39-31)40-32-18-16-26(38)21-29(32)34(41)23-11-5-2-6-12-23/h1-18,20-21H,19H2,(H,39,40)(H,42,43). The third-order valence-electron chi connectivity index (χ3n) is 7.24. The highest BCUT2D eigenvalue weighted by Gasteiger charge is 2.22. The van der Waals surface area contributed by atoms with Crippen LogP contribution in [0.2, 0.25) is 10.0 Å². The molecule has 0 unspecified atom stereocenters. The van der Waals surface area contributed by atoms with Gasteiger partial charge >= 0.3 is 5.97 Å². The molecule has 5 aromatic carbocycles. The smallest absolute Gasteiger partial charge is 0.335 e. The molecular formula is C36H24Cl2N2O3. The van der Waals surface area contributed by atoms with Crippen molar-refractivity contribution in [2.45, 2.75) is 6.42 Å². The molecule has 0 bridgehead atoms. The topological polar surface area (TPSA) is 79.3 Å². The Morgan fingerprint density at radius 3 is 2.12 bits per heavy atom. The molecule has 0 aliphatic carbocycles. The lowest BCUT2D eigenvalue weighted by Gasteiger charge is -2.21. The van der Waals surface area contributed by atoms with Crippen molar-refractivity contribution in [1.82, 2.24) is 4.98 Å². The highest BCUT2D eigenvalue weighted by atomic mass is 35.5. The summed E-state index contributed by atoms with van der Waals surface area (Å²) in [5, 5.41) is 15.2. The molecule has 0 saturated heterocycles. The van der Waals surface area contributed by atoms with Crippen LogP contribution in [-0.2, 0) is 6.42 Å². The van der Waals surface area contributed by atoms with Gasteiger partial charge in [-0.1, -0.05) is 102 Å². The normalized spacial score (nSPS) is 10.9. The number of anilines is 2. The number of fused-ring (bicyclic) bond motifs is 1. The van der Waals surface area contributed by atoms with Gasteiger partial charge in [-0.15, -0.1) is 0 Å². The number of ketones is 1. The summed E-state index contributed by atoms with van der Waals surface area (Å²) in [5.74, 6) is -0.728. The van der Waals surface area contributed by atoms with Crippen molar-refractivity contribution in [3.63, 3.8) is 0 Å². The largest absolute Gasteiger partial charge is 0.478 e. The number of carboxylic acids is 1. The number of carbonyl (C=O) groups excluding carboxylic acids is 1. The summed E-state index contributed by atoms with van der Waals surface area (Å²) in [6.45, 7) is 0. The first-order chi connectivity index (χ1) is 20.9. The van der Waals surface area contributed by atoms with Crippen molar-refractivity contribution in [3.8, 4) is 11.1 Å². The Morgan fingerprint density at radius 2 is 1.37 bits per heavy atom. The lowest BCUT2D eigenvalue weighted by molar-refractivity contribution is 0.0695. The van der Waals surface area contributed by atoms with Gasteiger partial charge in [0.05, 0.1) is 16.8 Å². The van der Waals surface area contributed by atoms with E-state index in [0.29, 0.717) is 43.8 Å². The van der Waals surface area contributed by atoms with Crippen molar-refractivity contribution in [2.75, 3.05) is 5.32 Å². The number of nitrogens with one attached hydrogen (secondary N) is 1. The summed E-state index contributed by atoms with van der Waals surface area (Å²) in [4.78, 5) is 30.8. The van der Waals surface area contributed by atoms with Crippen LogP contribution < -0.4 is 5.32 Å². The van der Waals surface area contributed by atoms with Gasteiger partial charge in [0.25, 0.3) is 0 Å². The Labute approximate surface area is 258 Å². The van der Waals surface area contributed by atoms with Crippen LogP contribution in [0.25, 0.3) is 22.0 Å². The number of pyridine rings is 1. The zero-order chi connectivity index (χ0) is 29.9. The molecule has 0 atom stereocenters. The second kappa shape index (κ2) is 12.1. The van der Waals surface area contributed by atoms with E-state index in [4.69, 9.17) is 28.2 Å². The van der Waals surface area contributed by atoms with Crippen LogP contribution in [0.5, 0.6) is 0 Å². The van der Waals surface area contributed by atoms with Crippen LogP contribution in [0.1, 0.15) is 37.4 Å². The molecule has 0 amide bonds. The maximum atomic E-state index is 13.6. The molecule has 0 aliphatic heterocycles. The van der Waals surface area contributed by atoms with Gasteiger partial charge in [-0.2, -0.15) is 0 Å². The van der Waals surface area contributed by atoms with E-state index in [2.05, 4.69) is 5.32 Å². The maximum absolute atomic E-state index is 13.6. The number of hydrogen-bond donors (Lipinski definition) is 2. The molecule has 1 heterocycles. The molecule has 6 rings (SSSR count). The Hall–Kier alpha value is -4.97. The number of rotatable bonds is 8. The molecule has 0 radical (unpaired) electrons. The summed E-state index contributed by atoms with van der Waals surface area (Å²) >= 11 is 12.9. The number of benzene rings is 5. The second-order valence-electron chi connectivity index (χ2n) is 9.99. The Balaban J connectivity index is 1.61. The number of halogens is 2. The second-order valence-corrected chi connectivity index (χ2v) is 10.9. The summed E-state index contributed by atoms with van der Waals surface area (Å²) < 4.78 is 0. The van der Waals surface area contributed by atoms with Gasteiger partial charge in [-0.05, 0) is 59.2 Å².